The van der Waals surface area contributed by atoms with E-state index in [1.54, 1.807) is 12.1 Å². The summed E-state index contributed by atoms with van der Waals surface area (Å²) in [6.45, 7) is 3.41. The number of halogens is 2. The van der Waals surface area contributed by atoms with Gasteiger partial charge in [-0.05, 0) is 36.4 Å². The summed E-state index contributed by atoms with van der Waals surface area (Å²) in [7, 11) is -2.34. The molecule has 0 aliphatic heterocycles. The summed E-state index contributed by atoms with van der Waals surface area (Å²) < 4.78 is 45.8. The van der Waals surface area contributed by atoms with Crippen molar-refractivity contribution in [2.24, 2.45) is 0 Å². The van der Waals surface area contributed by atoms with Gasteiger partial charge >= 0.3 is 0 Å². The van der Waals surface area contributed by atoms with Crippen molar-refractivity contribution < 1.29 is 17.5 Å². The number of nitrogens with zero attached hydrogens (tertiary/aromatic N) is 1. The topological polar surface area (TPSA) is 46.6 Å². The summed E-state index contributed by atoms with van der Waals surface area (Å²) in [4.78, 5) is 0.0811. The monoisotopic (exact) mass is 369 g/mol. The second-order valence-electron chi connectivity index (χ2n) is 4.96. The highest BCUT2D eigenvalue weighted by Crippen LogP contribution is 2.25. The molecule has 0 spiro atoms. The fraction of sp³-hybridized carbons (Fsp3) is 0.176. The first kappa shape index (κ1) is 18.4. The molecule has 0 unspecified atom stereocenters. The van der Waals surface area contributed by atoms with Crippen LogP contribution >= 0.6 is 11.6 Å². The average molecular weight is 370 g/mol. The number of hydrogen-bond donors (Lipinski definition) is 0. The Labute approximate surface area is 146 Å². The normalized spacial score (nSPS) is 11.5. The molecule has 0 bridgehead atoms. The van der Waals surface area contributed by atoms with Gasteiger partial charge in [-0.15, -0.1) is 6.58 Å². The van der Waals surface area contributed by atoms with Crippen molar-refractivity contribution in [1.29, 1.82) is 0 Å². The molecule has 0 fully saturated rings. The van der Waals surface area contributed by atoms with Gasteiger partial charge < -0.3 is 4.74 Å². The first-order chi connectivity index (χ1) is 11.4. The fourth-order valence-corrected chi connectivity index (χ4v) is 3.75. The van der Waals surface area contributed by atoms with Crippen LogP contribution in [0.2, 0.25) is 5.02 Å². The number of hydrogen-bond acceptors (Lipinski definition) is 3. The van der Waals surface area contributed by atoms with Gasteiger partial charge in [-0.3, -0.25) is 0 Å². The van der Waals surface area contributed by atoms with Crippen LogP contribution in [-0.4, -0.2) is 26.4 Å². The molecule has 0 saturated carbocycles. The van der Waals surface area contributed by atoms with E-state index in [9.17, 15) is 12.8 Å². The van der Waals surface area contributed by atoms with Crippen LogP contribution < -0.4 is 4.74 Å². The Kier molecular flexibility index (Phi) is 5.99. The number of sulfonamides is 1. The summed E-state index contributed by atoms with van der Waals surface area (Å²) in [5, 5.41) is 0.175. The molecular formula is C17H17ClFNO3S. The molecule has 0 amide bonds. The number of benzene rings is 2. The number of rotatable bonds is 7. The summed E-state index contributed by atoms with van der Waals surface area (Å²) in [6, 6.07) is 10.2. The van der Waals surface area contributed by atoms with Gasteiger partial charge in [0.15, 0.2) is 0 Å². The van der Waals surface area contributed by atoms with E-state index in [0.29, 0.717) is 5.75 Å². The van der Waals surface area contributed by atoms with Crippen molar-refractivity contribution in [1.82, 2.24) is 4.31 Å². The summed E-state index contributed by atoms with van der Waals surface area (Å²) in [6.07, 6.45) is 1.44. The number of ether oxygens (including phenoxy) is 1. The van der Waals surface area contributed by atoms with Crippen LogP contribution in [0.1, 0.15) is 5.56 Å². The zero-order valence-electron chi connectivity index (χ0n) is 13.1. The third kappa shape index (κ3) is 3.95. The second-order valence-corrected chi connectivity index (χ2v) is 7.31. The van der Waals surface area contributed by atoms with Crippen LogP contribution in [0.5, 0.6) is 5.75 Å². The Balaban J connectivity index is 2.39. The minimum Gasteiger partial charge on any atom is -0.497 e. The maximum atomic E-state index is 14.0. The van der Waals surface area contributed by atoms with Gasteiger partial charge in [0.1, 0.15) is 11.6 Å². The zero-order chi connectivity index (χ0) is 17.7. The van der Waals surface area contributed by atoms with Crippen LogP contribution in [0.4, 0.5) is 4.39 Å². The Morgan fingerprint density at radius 1 is 1.25 bits per heavy atom. The van der Waals surface area contributed by atoms with E-state index in [2.05, 4.69) is 6.58 Å². The van der Waals surface area contributed by atoms with Gasteiger partial charge in [0.25, 0.3) is 0 Å². The summed E-state index contributed by atoms with van der Waals surface area (Å²) in [5.74, 6) is -0.0112. The van der Waals surface area contributed by atoms with Gasteiger partial charge in [0, 0.05) is 23.7 Å². The fourth-order valence-electron chi connectivity index (χ4n) is 2.15. The molecule has 2 aromatic rings. The van der Waals surface area contributed by atoms with Crippen molar-refractivity contribution >= 4 is 21.6 Å². The first-order valence-electron chi connectivity index (χ1n) is 7.08. The Morgan fingerprint density at radius 2 is 1.92 bits per heavy atom. The molecule has 0 atom stereocenters. The average Bonchev–Trinajstić information content (AvgIpc) is 2.57. The lowest BCUT2D eigenvalue weighted by Gasteiger charge is -2.21. The lowest BCUT2D eigenvalue weighted by Crippen LogP contribution is -2.31. The van der Waals surface area contributed by atoms with Gasteiger partial charge in [-0.1, -0.05) is 23.7 Å². The minimum absolute atomic E-state index is 0.0268. The van der Waals surface area contributed by atoms with Crippen molar-refractivity contribution in [3.63, 3.8) is 0 Å². The van der Waals surface area contributed by atoms with Crippen LogP contribution in [0, 0.1) is 5.82 Å². The summed E-state index contributed by atoms with van der Waals surface area (Å²) in [5.41, 5.74) is 0.123. The van der Waals surface area contributed by atoms with Gasteiger partial charge in [0.05, 0.1) is 12.0 Å². The van der Waals surface area contributed by atoms with E-state index in [1.807, 2.05) is 0 Å². The molecule has 24 heavy (non-hydrogen) atoms. The molecule has 0 aliphatic rings. The zero-order valence-corrected chi connectivity index (χ0v) is 14.6. The van der Waals surface area contributed by atoms with Crippen molar-refractivity contribution in [3.05, 3.63) is 71.5 Å². The van der Waals surface area contributed by atoms with Gasteiger partial charge in [-0.2, -0.15) is 4.31 Å². The third-order valence-corrected chi connectivity index (χ3v) is 5.61. The SMILES string of the molecule is C=CCN(Cc1c(F)cccc1Cl)S(=O)(=O)c1ccc(OC)cc1. The lowest BCUT2D eigenvalue weighted by atomic mass is 10.2. The van der Waals surface area contributed by atoms with E-state index in [1.165, 1.54) is 43.5 Å². The highest BCUT2D eigenvalue weighted by Gasteiger charge is 2.25. The second kappa shape index (κ2) is 7.79. The van der Waals surface area contributed by atoms with E-state index < -0.39 is 15.8 Å². The molecule has 0 radical (unpaired) electrons. The number of methoxy groups -OCH3 is 1. The maximum absolute atomic E-state index is 14.0. The Hall–Kier alpha value is -1.89. The summed E-state index contributed by atoms with van der Waals surface area (Å²) >= 11 is 6.01. The molecule has 2 rings (SSSR count). The van der Waals surface area contributed by atoms with E-state index in [4.69, 9.17) is 16.3 Å². The predicted molar refractivity (Wildman–Crippen MR) is 92.2 cm³/mol. The van der Waals surface area contributed by atoms with E-state index in [-0.39, 0.29) is 28.6 Å². The molecular weight excluding hydrogens is 353 g/mol. The van der Waals surface area contributed by atoms with Gasteiger partial charge in [0.2, 0.25) is 10.0 Å². The Morgan fingerprint density at radius 3 is 2.46 bits per heavy atom. The molecule has 0 saturated heterocycles. The minimum atomic E-state index is -3.84. The third-order valence-electron chi connectivity index (χ3n) is 3.43. The smallest absolute Gasteiger partial charge is 0.243 e. The van der Waals surface area contributed by atoms with Crippen molar-refractivity contribution in [3.8, 4) is 5.75 Å². The van der Waals surface area contributed by atoms with Crippen LogP contribution in [0.15, 0.2) is 60.0 Å². The first-order valence-corrected chi connectivity index (χ1v) is 8.90. The molecule has 0 heterocycles. The molecule has 7 heteroatoms. The van der Waals surface area contributed by atoms with E-state index in [0.717, 1.165) is 4.31 Å². The molecule has 0 aromatic heterocycles. The lowest BCUT2D eigenvalue weighted by molar-refractivity contribution is 0.413. The quantitative estimate of drug-likeness (QED) is 0.696. The van der Waals surface area contributed by atoms with Crippen LogP contribution in [-0.2, 0) is 16.6 Å². The van der Waals surface area contributed by atoms with Crippen LogP contribution in [0.3, 0.4) is 0 Å². The predicted octanol–water partition coefficient (Wildman–Crippen LogP) is 3.86. The molecule has 4 nitrogen and oxygen atoms in total. The van der Waals surface area contributed by atoms with Crippen molar-refractivity contribution in [2.45, 2.75) is 11.4 Å². The standard InChI is InChI=1S/C17H17ClFNO3S/c1-3-11-20(12-15-16(18)5-4-6-17(15)19)24(21,22)14-9-7-13(23-2)8-10-14/h3-10H,1,11-12H2,2H3. The maximum Gasteiger partial charge on any atom is 0.243 e. The highest BCUT2D eigenvalue weighted by molar-refractivity contribution is 7.89. The van der Waals surface area contributed by atoms with Crippen molar-refractivity contribution in [2.75, 3.05) is 13.7 Å². The van der Waals surface area contributed by atoms with E-state index >= 15 is 0 Å². The molecule has 2 aromatic carbocycles. The molecule has 0 N–H and O–H groups in total. The largest absolute Gasteiger partial charge is 0.497 e. The molecule has 0 aliphatic carbocycles. The highest BCUT2D eigenvalue weighted by atomic mass is 35.5. The Bertz CT molecular complexity index is 802. The van der Waals surface area contributed by atoms with Gasteiger partial charge in [-0.25, -0.2) is 12.8 Å². The molecule has 128 valence electrons. The van der Waals surface area contributed by atoms with Crippen LogP contribution in [0.25, 0.3) is 0 Å².